The molecular formula is C13H19ClN2O2S. The smallest absolute Gasteiger partial charge is 0.243 e. The number of sulfonamides is 1. The van der Waals surface area contributed by atoms with Gasteiger partial charge in [0.25, 0.3) is 0 Å². The lowest BCUT2D eigenvalue weighted by Crippen LogP contribution is -2.38. The maximum atomic E-state index is 12.4. The Morgan fingerprint density at radius 1 is 1.37 bits per heavy atom. The van der Waals surface area contributed by atoms with Gasteiger partial charge in [-0.05, 0) is 30.9 Å². The molecule has 1 aliphatic heterocycles. The van der Waals surface area contributed by atoms with Crippen LogP contribution in [-0.4, -0.2) is 30.8 Å². The predicted molar refractivity (Wildman–Crippen MR) is 75.6 cm³/mol. The van der Waals surface area contributed by atoms with Crippen molar-refractivity contribution in [2.24, 2.45) is 5.92 Å². The van der Waals surface area contributed by atoms with Gasteiger partial charge in [0, 0.05) is 19.3 Å². The lowest BCUT2D eigenvalue weighted by molar-refractivity contribution is 0.262. The van der Waals surface area contributed by atoms with Gasteiger partial charge >= 0.3 is 0 Å². The lowest BCUT2D eigenvalue weighted by Gasteiger charge is -2.31. The Bertz CT molecular complexity index is 508. The van der Waals surface area contributed by atoms with Crippen molar-refractivity contribution in [3.8, 4) is 0 Å². The molecule has 19 heavy (non-hydrogen) atoms. The fraction of sp³-hybridized carbons (Fsp3) is 0.615. The van der Waals surface area contributed by atoms with Crippen molar-refractivity contribution in [1.82, 2.24) is 9.29 Å². The highest BCUT2D eigenvalue weighted by atomic mass is 35.5. The average Bonchev–Trinajstić information content (AvgIpc) is 2.40. The summed E-state index contributed by atoms with van der Waals surface area (Å²) < 4.78 is 26.4. The van der Waals surface area contributed by atoms with E-state index in [1.54, 1.807) is 4.31 Å². The van der Waals surface area contributed by atoms with Crippen LogP contribution in [0.15, 0.2) is 23.2 Å². The number of hydrogen-bond donors (Lipinski definition) is 0. The van der Waals surface area contributed by atoms with Gasteiger partial charge in [-0.2, -0.15) is 4.31 Å². The summed E-state index contributed by atoms with van der Waals surface area (Å²) in [6.07, 6.45) is 5.59. The molecule has 4 nitrogen and oxygen atoms in total. The maximum absolute atomic E-state index is 12.4. The van der Waals surface area contributed by atoms with Gasteiger partial charge in [0.2, 0.25) is 10.0 Å². The maximum Gasteiger partial charge on any atom is 0.244 e. The van der Waals surface area contributed by atoms with Gasteiger partial charge in [-0.1, -0.05) is 31.4 Å². The fourth-order valence-electron chi connectivity index (χ4n) is 2.51. The Labute approximate surface area is 119 Å². The van der Waals surface area contributed by atoms with Crippen molar-refractivity contribution in [3.05, 3.63) is 23.5 Å². The summed E-state index contributed by atoms with van der Waals surface area (Å²) in [5, 5.41) is 0.306. The SMILES string of the molecule is CCCC1CCN(S(=O)(=O)c2ccc(Cl)nc2)CC1. The van der Waals surface area contributed by atoms with Crippen LogP contribution in [0.25, 0.3) is 0 Å². The van der Waals surface area contributed by atoms with Crippen molar-refractivity contribution in [2.45, 2.75) is 37.5 Å². The number of rotatable bonds is 4. The third-order valence-electron chi connectivity index (χ3n) is 3.61. The van der Waals surface area contributed by atoms with Crippen LogP contribution in [0.1, 0.15) is 32.6 Å². The van der Waals surface area contributed by atoms with E-state index in [0.717, 1.165) is 12.8 Å². The molecule has 6 heteroatoms. The summed E-state index contributed by atoms with van der Waals surface area (Å²) >= 11 is 5.68. The summed E-state index contributed by atoms with van der Waals surface area (Å²) in [4.78, 5) is 4.07. The molecule has 2 rings (SSSR count). The molecule has 1 aromatic heterocycles. The van der Waals surface area contributed by atoms with Crippen LogP contribution in [0.5, 0.6) is 0 Å². The van der Waals surface area contributed by atoms with E-state index in [9.17, 15) is 8.42 Å². The molecule has 0 aromatic carbocycles. The minimum absolute atomic E-state index is 0.228. The van der Waals surface area contributed by atoms with Gasteiger partial charge in [-0.3, -0.25) is 0 Å². The first-order valence-corrected chi connectivity index (χ1v) is 8.47. The molecule has 1 saturated heterocycles. The van der Waals surface area contributed by atoms with Crippen LogP contribution >= 0.6 is 11.6 Å². The number of pyridine rings is 1. The molecule has 1 aliphatic rings. The molecule has 0 bridgehead atoms. The lowest BCUT2D eigenvalue weighted by atomic mass is 9.94. The van der Waals surface area contributed by atoms with Gasteiger partial charge in [0.15, 0.2) is 0 Å². The van der Waals surface area contributed by atoms with Crippen LogP contribution in [0.4, 0.5) is 0 Å². The third-order valence-corrected chi connectivity index (χ3v) is 5.71. The van der Waals surface area contributed by atoms with E-state index in [4.69, 9.17) is 11.6 Å². The van der Waals surface area contributed by atoms with Crippen molar-refractivity contribution >= 4 is 21.6 Å². The number of nitrogens with zero attached hydrogens (tertiary/aromatic N) is 2. The molecular weight excluding hydrogens is 284 g/mol. The molecule has 2 heterocycles. The van der Waals surface area contributed by atoms with E-state index in [0.29, 0.717) is 24.2 Å². The van der Waals surface area contributed by atoms with E-state index >= 15 is 0 Å². The number of halogens is 1. The zero-order chi connectivity index (χ0) is 13.9. The van der Waals surface area contributed by atoms with Gasteiger partial charge in [0.05, 0.1) is 0 Å². The first-order valence-electron chi connectivity index (χ1n) is 6.65. The fourth-order valence-corrected chi connectivity index (χ4v) is 4.04. The summed E-state index contributed by atoms with van der Waals surface area (Å²) in [7, 11) is -3.40. The van der Waals surface area contributed by atoms with E-state index in [-0.39, 0.29) is 4.90 Å². The highest BCUT2D eigenvalue weighted by molar-refractivity contribution is 7.89. The zero-order valence-corrected chi connectivity index (χ0v) is 12.6. The third kappa shape index (κ3) is 3.46. The second-order valence-electron chi connectivity index (χ2n) is 4.95. The Balaban J connectivity index is 2.07. The standard InChI is InChI=1S/C13H19ClN2O2S/c1-2-3-11-6-8-16(9-7-11)19(17,18)12-4-5-13(14)15-10-12/h4-5,10-11H,2-3,6-9H2,1H3. The van der Waals surface area contributed by atoms with E-state index in [1.165, 1.54) is 31.2 Å². The molecule has 1 aromatic rings. The predicted octanol–water partition coefficient (Wildman–Crippen LogP) is 2.94. The Hall–Kier alpha value is -0.650. The minimum atomic E-state index is -3.40. The summed E-state index contributed by atoms with van der Waals surface area (Å²) in [5.74, 6) is 0.666. The summed E-state index contributed by atoms with van der Waals surface area (Å²) in [6, 6.07) is 3.03. The average molecular weight is 303 g/mol. The molecule has 0 aliphatic carbocycles. The van der Waals surface area contributed by atoms with Gasteiger partial charge in [0.1, 0.15) is 10.0 Å². The molecule has 0 unspecified atom stereocenters. The Kier molecular flexibility index (Phi) is 4.81. The van der Waals surface area contributed by atoms with Gasteiger partial charge < -0.3 is 0 Å². The first-order chi connectivity index (χ1) is 9.04. The van der Waals surface area contributed by atoms with Crippen molar-refractivity contribution < 1.29 is 8.42 Å². The minimum Gasteiger partial charge on any atom is -0.243 e. The van der Waals surface area contributed by atoms with Crippen LogP contribution in [0.3, 0.4) is 0 Å². The van der Waals surface area contributed by atoms with E-state index in [1.807, 2.05) is 0 Å². The molecule has 0 saturated carbocycles. The topological polar surface area (TPSA) is 50.3 Å². The summed E-state index contributed by atoms with van der Waals surface area (Å²) in [6.45, 7) is 3.38. The first kappa shape index (κ1) is 14.8. The zero-order valence-electron chi connectivity index (χ0n) is 11.0. The largest absolute Gasteiger partial charge is 0.244 e. The monoisotopic (exact) mass is 302 g/mol. The van der Waals surface area contributed by atoms with Crippen LogP contribution in [0, 0.1) is 5.92 Å². The Morgan fingerprint density at radius 3 is 2.58 bits per heavy atom. The van der Waals surface area contributed by atoms with Crippen molar-refractivity contribution in [3.63, 3.8) is 0 Å². The van der Waals surface area contributed by atoms with Crippen LogP contribution < -0.4 is 0 Å². The van der Waals surface area contributed by atoms with Gasteiger partial charge in [-0.15, -0.1) is 0 Å². The number of hydrogen-bond acceptors (Lipinski definition) is 3. The summed E-state index contributed by atoms with van der Waals surface area (Å²) in [5.41, 5.74) is 0. The highest BCUT2D eigenvalue weighted by Gasteiger charge is 2.29. The highest BCUT2D eigenvalue weighted by Crippen LogP contribution is 2.26. The second kappa shape index (κ2) is 6.20. The molecule has 0 radical (unpaired) electrons. The van der Waals surface area contributed by atoms with Crippen molar-refractivity contribution in [1.29, 1.82) is 0 Å². The molecule has 0 spiro atoms. The molecule has 0 atom stereocenters. The van der Waals surface area contributed by atoms with Crippen molar-refractivity contribution in [2.75, 3.05) is 13.1 Å². The van der Waals surface area contributed by atoms with Crippen LogP contribution in [-0.2, 0) is 10.0 Å². The van der Waals surface area contributed by atoms with Crippen LogP contribution in [0.2, 0.25) is 5.15 Å². The molecule has 0 amide bonds. The molecule has 106 valence electrons. The molecule has 1 fully saturated rings. The van der Waals surface area contributed by atoms with Gasteiger partial charge in [-0.25, -0.2) is 13.4 Å². The molecule has 0 N–H and O–H groups in total. The normalized spacial score (nSPS) is 18.6. The number of piperidine rings is 1. The Morgan fingerprint density at radius 2 is 2.05 bits per heavy atom. The van der Waals surface area contributed by atoms with E-state index in [2.05, 4.69) is 11.9 Å². The number of aromatic nitrogens is 1. The van der Waals surface area contributed by atoms with E-state index < -0.39 is 10.0 Å². The second-order valence-corrected chi connectivity index (χ2v) is 7.28. The quantitative estimate of drug-likeness (QED) is 0.804.